The molecular formula is C13H26N4O2. The molecule has 6 heteroatoms. The first-order valence-electron chi connectivity index (χ1n) is 6.60. The molecule has 0 aliphatic rings. The average Bonchev–Trinajstić information content (AvgIpc) is 2.19. The Balaban J connectivity index is 3.71. The number of carbonyl (C=O) groups is 2. The van der Waals surface area contributed by atoms with Crippen molar-refractivity contribution in [3.8, 4) is 0 Å². The van der Waals surface area contributed by atoms with Gasteiger partial charge in [0.15, 0.2) is 5.96 Å². The van der Waals surface area contributed by atoms with Crippen molar-refractivity contribution >= 4 is 17.8 Å². The van der Waals surface area contributed by atoms with Crippen molar-refractivity contribution in [1.29, 1.82) is 0 Å². The molecule has 0 aromatic heterocycles. The molecule has 0 heterocycles. The quantitative estimate of drug-likeness (QED) is 0.380. The van der Waals surface area contributed by atoms with Gasteiger partial charge in [-0.15, -0.1) is 0 Å². The Morgan fingerprint density at radius 3 is 2.32 bits per heavy atom. The zero-order valence-corrected chi connectivity index (χ0v) is 12.4. The summed E-state index contributed by atoms with van der Waals surface area (Å²) in [6.07, 6.45) is 2.96. The molecule has 0 bridgehead atoms. The maximum Gasteiger partial charge on any atom is 0.226 e. The van der Waals surface area contributed by atoms with Crippen LogP contribution in [0.2, 0.25) is 0 Å². The molecule has 0 fully saturated rings. The minimum atomic E-state index is -0.296. The zero-order valence-electron chi connectivity index (χ0n) is 12.4. The molecule has 0 rings (SSSR count). The van der Waals surface area contributed by atoms with Crippen LogP contribution in [0.25, 0.3) is 0 Å². The average molecular weight is 270 g/mol. The smallest absolute Gasteiger partial charge is 0.226 e. The number of nitrogens with zero attached hydrogens (tertiary/aromatic N) is 1. The van der Waals surface area contributed by atoms with Crippen molar-refractivity contribution in [3.05, 3.63) is 0 Å². The van der Waals surface area contributed by atoms with E-state index in [1.54, 1.807) is 0 Å². The summed E-state index contributed by atoms with van der Waals surface area (Å²) in [5.41, 5.74) is 5.32. The third-order valence-corrected chi connectivity index (χ3v) is 2.18. The van der Waals surface area contributed by atoms with Gasteiger partial charge in [0, 0.05) is 19.9 Å². The summed E-state index contributed by atoms with van der Waals surface area (Å²) in [7, 11) is 0. The minimum Gasteiger partial charge on any atom is -0.370 e. The summed E-state index contributed by atoms with van der Waals surface area (Å²) >= 11 is 0. The fraction of sp³-hybridized carbons (Fsp3) is 0.769. The predicted molar refractivity (Wildman–Crippen MR) is 76.7 cm³/mol. The summed E-state index contributed by atoms with van der Waals surface area (Å²) in [5, 5.41) is 5.28. The summed E-state index contributed by atoms with van der Waals surface area (Å²) in [4.78, 5) is 26.3. The highest BCUT2D eigenvalue weighted by molar-refractivity contribution is 5.96. The van der Waals surface area contributed by atoms with Crippen molar-refractivity contribution < 1.29 is 9.59 Å². The molecule has 4 N–H and O–H groups in total. The fourth-order valence-corrected chi connectivity index (χ4v) is 1.45. The van der Waals surface area contributed by atoms with Crippen LogP contribution in [0.3, 0.4) is 0 Å². The monoisotopic (exact) mass is 270 g/mol. The van der Waals surface area contributed by atoms with E-state index in [0.717, 1.165) is 19.3 Å². The lowest BCUT2D eigenvalue weighted by Crippen LogP contribution is -2.38. The van der Waals surface area contributed by atoms with E-state index in [4.69, 9.17) is 5.73 Å². The van der Waals surface area contributed by atoms with Crippen LogP contribution in [-0.2, 0) is 9.59 Å². The second kappa shape index (κ2) is 8.50. The van der Waals surface area contributed by atoms with Gasteiger partial charge in [-0.25, -0.2) is 4.99 Å². The number of unbranched alkanes of at least 4 members (excludes halogenated alkanes) is 2. The third-order valence-electron chi connectivity index (χ3n) is 2.18. The summed E-state index contributed by atoms with van der Waals surface area (Å²) in [6, 6.07) is 0. The van der Waals surface area contributed by atoms with Crippen molar-refractivity contribution in [3.63, 3.8) is 0 Å². The SMILES string of the molecule is CC(=O)NCCCCCC(=O)NC(N)=NC(C)(C)C. The van der Waals surface area contributed by atoms with Crippen LogP contribution >= 0.6 is 0 Å². The lowest BCUT2D eigenvalue weighted by atomic mass is 10.1. The van der Waals surface area contributed by atoms with Crippen LogP contribution in [0.5, 0.6) is 0 Å². The first-order valence-corrected chi connectivity index (χ1v) is 6.60. The number of guanidine groups is 1. The van der Waals surface area contributed by atoms with Crippen molar-refractivity contribution in [1.82, 2.24) is 10.6 Å². The van der Waals surface area contributed by atoms with E-state index >= 15 is 0 Å². The Morgan fingerprint density at radius 2 is 1.79 bits per heavy atom. The van der Waals surface area contributed by atoms with Crippen LogP contribution in [0.15, 0.2) is 4.99 Å². The Bertz CT molecular complexity index is 332. The predicted octanol–water partition coefficient (Wildman–Crippen LogP) is 0.912. The van der Waals surface area contributed by atoms with Gasteiger partial charge in [-0.3, -0.25) is 14.9 Å². The van der Waals surface area contributed by atoms with Crippen molar-refractivity contribution in [2.75, 3.05) is 6.54 Å². The minimum absolute atomic E-state index is 0.0242. The molecule has 0 radical (unpaired) electrons. The molecule has 0 saturated carbocycles. The van der Waals surface area contributed by atoms with Gasteiger partial charge in [0.2, 0.25) is 11.8 Å². The van der Waals surface area contributed by atoms with Gasteiger partial charge in [-0.05, 0) is 33.6 Å². The largest absolute Gasteiger partial charge is 0.370 e. The Labute approximate surface area is 115 Å². The Morgan fingerprint density at radius 1 is 1.16 bits per heavy atom. The normalized spacial score (nSPS) is 12.1. The highest BCUT2D eigenvalue weighted by atomic mass is 16.2. The summed E-state index contributed by atoms with van der Waals surface area (Å²) in [6.45, 7) is 7.88. The van der Waals surface area contributed by atoms with E-state index in [0.29, 0.717) is 13.0 Å². The molecule has 19 heavy (non-hydrogen) atoms. The lowest BCUT2D eigenvalue weighted by molar-refractivity contribution is -0.120. The van der Waals surface area contributed by atoms with Gasteiger partial charge >= 0.3 is 0 Å². The van der Waals surface area contributed by atoms with E-state index in [9.17, 15) is 9.59 Å². The summed E-state index contributed by atoms with van der Waals surface area (Å²) < 4.78 is 0. The number of nitrogens with one attached hydrogen (secondary N) is 2. The molecule has 2 amide bonds. The van der Waals surface area contributed by atoms with E-state index in [2.05, 4.69) is 15.6 Å². The van der Waals surface area contributed by atoms with Crippen LogP contribution in [0.1, 0.15) is 53.4 Å². The molecule has 0 unspecified atom stereocenters. The topological polar surface area (TPSA) is 96.6 Å². The Hall–Kier alpha value is -1.59. The summed E-state index contributed by atoms with van der Waals surface area (Å²) in [5.74, 6) is 0.0182. The van der Waals surface area contributed by atoms with Gasteiger partial charge in [-0.2, -0.15) is 0 Å². The van der Waals surface area contributed by atoms with E-state index in [1.807, 2.05) is 20.8 Å². The molecule has 0 aliphatic carbocycles. The molecule has 0 saturated heterocycles. The van der Waals surface area contributed by atoms with Gasteiger partial charge in [0.25, 0.3) is 0 Å². The highest BCUT2D eigenvalue weighted by Crippen LogP contribution is 2.05. The van der Waals surface area contributed by atoms with Crippen LogP contribution in [0.4, 0.5) is 0 Å². The molecule has 0 aromatic rings. The van der Waals surface area contributed by atoms with E-state index in [-0.39, 0.29) is 23.3 Å². The van der Waals surface area contributed by atoms with Gasteiger partial charge in [0.1, 0.15) is 0 Å². The number of hydrogen-bond donors (Lipinski definition) is 3. The molecule has 0 aromatic carbocycles. The second-order valence-electron chi connectivity index (χ2n) is 5.51. The van der Waals surface area contributed by atoms with Gasteiger partial charge < -0.3 is 11.1 Å². The second-order valence-corrected chi connectivity index (χ2v) is 5.51. The standard InChI is InChI=1S/C13H26N4O2/c1-10(18)15-9-7-5-6-8-11(19)16-12(14)17-13(2,3)4/h5-9H2,1-4H3,(H,15,18)(H3,14,16,17,19). The Kier molecular flexibility index (Phi) is 7.79. The molecule has 0 aliphatic heterocycles. The van der Waals surface area contributed by atoms with Crippen molar-refractivity contribution in [2.24, 2.45) is 10.7 Å². The van der Waals surface area contributed by atoms with E-state index in [1.165, 1.54) is 6.92 Å². The maximum absolute atomic E-state index is 11.5. The maximum atomic E-state index is 11.5. The first-order chi connectivity index (χ1) is 8.70. The van der Waals surface area contributed by atoms with Crippen LogP contribution in [0, 0.1) is 0 Å². The van der Waals surface area contributed by atoms with Gasteiger partial charge in [-0.1, -0.05) is 6.42 Å². The third kappa shape index (κ3) is 12.7. The van der Waals surface area contributed by atoms with E-state index < -0.39 is 0 Å². The van der Waals surface area contributed by atoms with Crippen LogP contribution in [-0.4, -0.2) is 29.9 Å². The number of aliphatic imine (C=N–C) groups is 1. The van der Waals surface area contributed by atoms with Gasteiger partial charge in [0.05, 0.1) is 5.54 Å². The number of amides is 2. The van der Waals surface area contributed by atoms with Crippen LogP contribution < -0.4 is 16.4 Å². The lowest BCUT2D eigenvalue weighted by Gasteiger charge is -2.13. The fourth-order valence-electron chi connectivity index (χ4n) is 1.45. The molecule has 110 valence electrons. The molecule has 6 nitrogen and oxygen atoms in total. The first kappa shape index (κ1) is 17.4. The molecule has 0 spiro atoms. The highest BCUT2D eigenvalue weighted by Gasteiger charge is 2.09. The van der Waals surface area contributed by atoms with Crippen molar-refractivity contribution in [2.45, 2.75) is 58.9 Å². The number of hydrogen-bond acceptors (Lipinski definition) is 3. The zero-order chi connectivity index (χ0) is 14.9. The molecular weight excluding hydrogens is 244 g/mol. The number of nitrogens with two attached hydrogens (primary N) is 1. The number of carbonyl (C=O) groups excluding carboxylic acids is 2. The molecule has 0 atom stereocenters. The number of rotatable bonds is 6.